The van der Waals surface area contributed by atoms with Gasteiger partial charge in [-0.15, -0.1) is 11.3 Å². The molecule has 41 heavy (non-hydrogen) atoms. The number of amides is 1. The fourth-order valence-corrected chi connectivity index (χ4v) is 6.49. The number of aromatic nitrogens is 1. The number of thiophene rings is 1. The number of aryl methyl sites for hydroxylation is 1. The van der Waals surface area contributed by atoms with Crippen LogP contribution in [-0.4, -0.2) is 38.9 Å². The second-order valence-corrected chi connectivity index (χ2v) is 16.3. The number of nitrogens with one attached hydrogen (secondary N) is 2. The Balaban J connectivity index is 1.59. The van der Waals surface area contributed by atoms with E-state index in [1.165, 1.54) is 43.7 Å². The van der Waals surface area contributed by atoms with Crippen molar-refractivity contribution in [3.8, 4) is 17.0 Å². The zero-order valence-corrected chi connectivity index (χ0v) is 25.6. The zero-order valence-electron chi connectivity index (χ0n) is 22.3. The number of sulfonamides is 1. The minimum atomic E-state index is -3.56. The third-order valence-corrected chi connectivity index (χ3v) is 9.01. The normalized spacial score (nSPS) is 11.8. The van der Waals surface area contributed by atoms with E-state index in [9.17, 15) is 26.6 Å². The molecule has 0 aliphatic rings. The Morgan fingerprint density at radius 3 is 2.44 bits per heavy atom. The topological polar surface area (TPSA) is 114 Å². The van der Waals surface area contributed by atoms with Gasteiger partial charge in [-0.25, -0.2) is 22.2 Å². The molecule has 0 fully saturated rings. The van der Waals surface area contributed by atoms with Crippen LogP contribution in [0.4, 0.5) is 20.2 Å². The van der Waals surface area contributed by atoms with Crippen LogP contribution in [0.25, 0.3) is 11.3 Å². The third-order valence-electron chi connectivity index (χ3n) is 5.63. The highest BCUT2D eigenvalue weighted by molar-refractivity contribution is 7.92. The number of carbonyl (C=O) groups is 1. The lowest BCUT2D eigenvalue weighted by Gasteiger charge is -2.13. The highest BCUT2D eigenvalue weighted by atomic mass is 35.5. The summed E-state index contributed by atoms with van der Waals surface area (Å²) >= 11 is 7.25. The van der Waals surface area contributed by atoms with Gasteiger partial charge in [0.05, 0.1) is 23.0 Å². The maximum atomic E-state index is 14.2. The number of halogens is 3. The monoisotopic (exact) mass is 639 g/mol. The molecule has 216 valence electrons. The Bertz CT molecular complexity index is 1810. The van der Waals surface area contributed by atoms with Gasteiger partial charge in [0, 0.05) is 32.5 Å². The molecular formula is C27H25ClF2N3O5PS2. The van der Waals surface area contributed by atoms with Crippen LogP contribution in [-0.2, 0) is 21.2 Å². The van der Waals surface area contributed by atoms with E-state index in [4.69, 9.17) is 16.3 Å². The van der Waals surface area contributed by atoms with E-state index >= 15 is 0 Å². The number of rotatable bonds is 9. The molecule has 4 aromatic rings. The lowest BCUT2D eigenvalue weighted by atomic mass is 10.1. The molecule has 2 aromatic carbocycles. The number of pyridine rings is 1. The summed E-state index contributed by atoms with van der Waals surface area (Å²) in [5.41, 5.74) is 1.65. The smallest absolute Gasteiger partial charge is 0.265 e. The predicted molar refractivity (Wildman–Crippen MR) is 160 cm³/mol. The second-order valence-electron chi connectivity index (χ2n) is 9.59. The van der Waals surface area contributed by atoms with Crippen molar-refractivity contribution in [3.05, 3.63) is 86.7 Å². The quantitative estimate of drug-likeness (QED) is 0.202. The van der Waals surface area contributed by atoms with Gasteiger partial charge in [-0.1, -0.05) is 11.6 Å². The summed E-state index contributed by atoms with van der Waals surface area (Å²) < 4.78 is 72.1. The van der Waals surface area contributed by atoms with Crippen LogP contribution in [0.2, 0.25) is 5.02 Å². The van der Waals surface area contributed by atoms with Crippen molar-refractivity contribution in [2.24, 2.45) is 0 Å². The van der Waals surface area contributed by atoms with Gasteiger partial charge in [-0.05, 0) is 68.3 Å². The lowest BCUT2D eigenvalue weighted by molar-refractivity contribution is 0.103. The van der Waals surface area contributed by atoms with Crippen LogP contribution in [0.3, 0.4) is 0 Å². The maximum absolute atomic E-state index is 14.2. The summed E-state index contributed by atoms with van der Waals surface area (Å²) in [5.74, 6) is -1.63. The van der Waals surface area contributed by atoms with Gasteiger partial charge in [0.2, 0.25) is 10.0 Å². The molecular weight excluding hydrogens is 615 g/mol. The summed E-state index contributed by atoms with van der Waals surface area (Å²) in [6, 6.07) is 11.1. The van der Waals surface area contributed by atoms with Crippen molar-refractivity contribution in [1.29, 1.82) is 0 Å². The molecule has 0 spiro atoms. The first-order valence-electron chi connectivity index (χ1n) is 11.9. The highest BCUT2D eigenvalue weighted by Crippen LogP contribution is 2.37. The SMILES string of the molecule is Cc1sc(C(=O)Nc2cc(Cl)cc(NS(C)(=O)=O)c2)cc1-c1ncc(F)cc1OCc1cc(F)cc(P(C)(C)=O)c1. The first-order valence-corrected chi connectivity index (χ1v) is 17.6. The average Bonchev–Trinajstić information content (AvgIpc) is 3.22. The zero-order chi connectivity index (χ0) is 30.1. The summed E-state index contributed by atoms with van der Waals surface area (Å²) in [6.07, 6.45) is 2.01. The minimum absolute atomic E-state index is 0.0752. The predicted octanol–water partition coefficient (Wildman–Crippen LogP) is 6.50. The third kappa shape index (κ3) is 8.13. The Morgan fingerprint density at radius 1 is 1.05 bits per heavy atom. The van der Waals surface area contributed by atoms with Gasteiger partial charge < -0.3 is 14.6 Å². The van der Waals surface area contributed by atoms with E-state index in [1.807, 2.05) is 0 Å². The molecule has 8 nitrogen and oxygen atoms in total. The number of benzene rings is 2. The van der Waals surface area contributed by atoms with E-state index in [0.717, 1.165) is 29.9 Å². The molecule has 2 aromatic heterocycles. The number of nitrogens with zero attached hydrogens (tertiary/aromatic N) is 1. The largest absolute Gasteiger partial charge is 0.487 e. The minimum Gasteiger partial charge on any atom is -0.487 e. The molecule has 0 aliphatic heterocycles. The molecule has 0 saturated carbocycles. The Labute approximate surface area is 245 Å². The van der Waals surface area contributed by atoms with Crippen molar-refractivity contribution in [1.82, 2.24) is 4.98 Å². The number of ether oxygens (including phenoxy) is 1. The molecule has 2 heterocycles. The molecule has 2 N–H and O–H groups in total. The molecule has 0 radical (unpaired) electrons. The van der Waals surface area contributed by atoms with Gasteiger partial charge >= 0.3 is 0 Å². The van der Waals surface area contributed by atoms with Gasteiger partial charge in [-0.2, -0.15) is 0 Å². The van der Waals surface area contributed by atoms with Crippen LogP contribution in [0.5, 0.6) is 5.75 Å². The standard InChI is InChI=1S/C27H25ClF2N3O5PS2/c1-15-23(12-25(40-15)27(34)32-20-7-17(28)8-21(11-20)33-41(4,36)37)26-24(10-19(30)13-31-26)38-14-16-5-18(29)9-22(6-16)39(2,3)35/h5-13,33H,14H2,1-4H3,(H,32,34). The highest BCUT2D eigenvalue weighted by Gasteiger charge is 2.20. The maximum Gasteiger partial charge on any atom is 0.265 e. The van der Waals surface area contributed by atoms with Gasteiger partial charge in [-0.3, -0.25) is 9.52 Å². The second kappa shape index (κ2) is 11.9. The van der Waals surface area contributed by atoms with Gasteiger partial charge in [0.25, 0.3) is 5.91 Å². The molecule has 0 atom stereocenters. The Kier molecular flexibility index (Phi) is 8.89. The molecule has 1 amide bonds. The van der Waals surface area contributed by atoms with Crippen LogP contribution < -0.4 is 20.1 Å². The summed E-state index contributed by atoms with van der Waals surface area (Å²) in [7, 11) is -6.29. The van der Waals surface area contributed by atoms with E-state index < -0.39 is 34.7 Å². The molecule has 4 rings (SSSR count). The Hall–Kier alpha value is -3.31. The fraction of sp³-hybridized carbons (Fsp3) is 0.185. The van der Waals surface area contributed by atoms with Crippen molar-refractivity contribution < 1.29 is 31.3 Å². The molecule has 0 saturated heterocycles. The first kappa shape index (κ1) is 30.6. The summed E-state index contributed by atoms with van der Waals surface area (Å²) in [6.45, 7) is 4.69. The number of hydrogen-bond acceptors (Lipinski definition) is 7. The van der Waals surface area contributed by atoms with Crippen LogP contribution >= 0.6 is 30.1 Å². The van der Waals surface area contributed by atoms with Crippen LogP contribution in [0.15, 0.2) is 54.7 Å². The summed E-state index contributed by atoms with van der Waals surface area (Å²) in [4.78, 5) is 18.2. The van der Waals surface area contributed by atoms with Gasteiger partial charge in [0.15, 0.2) is 0 Å². The first-order chi connectivity index (χ1) is 19.1. The average molecular weight is 640 g/mol. The van der Waals surface area contributed by atoms with E-state index in [-0.39, 0.29) is 34.4 Å². The van der Waals surface area contributed by atoms with Crippen LogP contribution in [0.1, 0.15) is 20.1 Å². The molecule has 14 heteroatoms. The molecule has 0 aliphatic carbocycles. The van der Waals surface area contributed by atoms with Crippen molar-refractivity contribution in [2.75, 3.05) is 29.6 Å². The Morgan fingerprint density at radius 2 is 1.76 bits per heavy atom. The van der Waals surface area contributed by atoms with E-state index in [1.54, 1.807) is 19.1 Å². The van der Waals surface area contributed by atoms with Crippen molar-refractivity contribution >= 4 is 62.7 Å². The van der Waals surface area contributed by atoms with E-state index in [0.29, 0.717) is 26.2 Å². The van der Waals surface area contributed by atoms with Crippen molar-refractivity contribution in [3.63, 3.8) is 0 Å². The number of hydrogen-bond donors (Lipinski definition) is 2. The number of carbonyl (C=O) groups excluding carboxylic acids is 1. The molecule has 0 bridgehead atoms. The van der Waals surface area contributed by atoms with E-state index in [2.05, 4.69) is 15.0 Å². The lowest BCUT2D eigenvalue weighted by Crippen LogP contribution is -2.12. The van der Waals surface area contributed by atoms with Gasteiger partial charge in [0.1, 0.15) is 36.8 Å². The number of anilines is 2. The summed E-state index contributed by atoms with van der Waals surface area (Å²) in [5, 5.41) is 3.26. The van der Waals surface area contributed by atoms with Crippen LogP contribution in [0, 0.1) is 18.6 Å². The molecule has 0 unspecified atom stereocenters. The fourth-order valence-electron chi connectivity index (χ4n) is 3.88. The van der Waals surface area contributed by atoms with Crippen molar-refractivity contribution in [2.45, 2.75) is 13.5 Å².